The van der Waals surface area contributed by atoms with Gasteiger partial charge in [-0.2, -0.15) is 0 Å². The average molecular weight is 233 g/mol. The Kier molecular flexibility index (Phi) is 4.37. The molecule has 1 aromatic rings. The molecule has 0 aliphatic carbocycles. The highest BCUT2D eigenvalue weighted by Crippen LogP contribution is 2.32. The highest BCUT2D eigenvalue weighted by molar-refractivity contribution is 5.30. The summed E-state index contributed by atoms with van der Waals surface area (Å²) < 4.78 is 0. The van der Waals surface area contributed by atoms with E-state index in [-0.39, 0.29) is 6.04 Å². The fourth-order valence-electron chi connectivity index (χ4n) is 2.09. The minimum absolute atomic E-state index is 0.155. The first kappa shape index (κ1) is 14.2. The van der Waals surface area contributed by atoms with E-state index in [0.717, 1.165) is 6.42 Å². The Morgan fingerprint density at radius 1 is 1.06 bits per heavy atom. The predicted octanol–water partition coefficient (Wildman–Crippen LogP) is 4.38. The Bertz CT molecular complexity index is 353. The van der Waals surface area contributed by atoms with Crippen molar-refractivity contribution >= 4 is 0 Å². The van der Waals surface area contributed by atoms with Gasteiger partial charge in [0.05, 0.1) is 0 Å². The summed E-state index contributed by atoms with van der Waals surface area (Å²) in [6.45, 7) is 13.4. The van der Waals surface area contributed by atoms with E-state index in [4.69, 9.17) is 5.73 Å². The Labute approximate surface area is 106 Å². The van der Waals surface area contributed by atoms with Gasteiger partial charge in [0.1, 0.15) is 0 Å². The van der Waals surface area contributed by atoms with Gasteiger partial charge in [-0.3, -0.25) is 0 Å². The van der Waals surface area contributed by atoms with Gasteiger partial charge in [0.15, 0.2) is 0 Å². The van der Waals surface area contributed by atoms with Gasteiger partial charge >= 0.3 is 0 Å². The topological polar surface area (TPSA) is 26.0 Å². The molecule has 0 saturated carbocycles. The summed E-state index contributed by atoms with van der Waals surface area (Å²) >= 11 is 0. The maximum atomic E-state index is 6.33. The first-order valence-electron chi connectivity index (χ1n) is 6.54. The minimum Gasteiger partial charge on any atom is -0.324 e. The Morgan fingerprint density at radius 2 is 1.53 bits per heavy atom. The van der Waals surface area contributed by atoms with Crippen LogP contribution in [0.15, 0.2) is 18.2 Å². The van der Waals surface area contributed by atoms with E-state index in [1.54, 1.807) is 0 Å². The van der Waals surface area contributed by atoms with Gasteiger partial charge in [-0.1, -0.05) is 57.0 Å². The van der Waals surface area contributed by atoms with Gasteiger partial charge in [-0.25, -0.2) is 0 Å². The zero-order valence-corrected chi connectivity index (χ0v) is 12.2. The molecule has 2 unspecified atom stereocenters. The molecule has 2 N–H and O–H groups in total. The molecule has 17 heavy (non-hydrogen) atoms. The van der Waals surface area contributed by atoms with E-state index in [0.29, 0.717) is 11.3 Å². The normalized spacial score (nSPS) is 15.7. The number of hydrogen-bond donors (Lipinski definition) is 1. The molecule has 0 spiro atoms. The van der Waals surface area contributed by atoms with E-state index in [1.165, 1.54) is 16.7 Å². The molecule has 0 amide bonds. The van der Waals surface area contributed by atoms with E-state index in [9.17, 15) is 0 Å². The highest BCUT2D eigenvalue weighted by atomic mass is 14.6. The second-order valence-electron chi connectivity index (χ2n) is 6.53. The number of rotatable bonds is 3. The van der Waals surface area contributed by atoms with Gasteiger partial charge < -0.3 is 5.73 Å². The van der Waals surface area contributed by atoms with E-state index in [1.807, 2.05) is 0 Å². The molecule has 0 aromatic heterocycles. The standard InChI is InChI=1S/C16H27N/c1-11-7-12(2)9-14(8-11)15(17)10-13(3)16(4,5)6/h7-9,13,15H,10,17H2,1-6H3. The van der Waals surface area contributed by atoms with Crippen LogP contribution in [0.25, 0.3) is 0 Å². The first-order valence-corrected chi connectivity index (χ1v) is 6.54. The van der Waals surface area contributed by atoms with E-state index >= 15 is 0 Å². The maximum absolute atomic E-state index is 6.33. The van der Waals surface area contributed by atoms with Gasteiger partial charge in [0.2, 0.25) is 0 Å². The van der Waals surface area contributed by atoms with Crippen LogP contribution in [0.3, 0.4) is 0 Å². The van der Waals surface area contributed by atoms with Crippen LogP contribution in [0, 0.1) is 25.2 Å². The molecule has 0 aliphatic rings. The molecule has 0 heterocycles. The third-order valence-corrected chi connectivity index (χ3v) is 3.76. The van der Waals surface area contributed by atoms with Crippen LogP contribution in [0.2, 0.25) is 0 Å². The lowest BCUT2D eigenvalue weighted by atomic mass is 9.77. The van der Waals surface area contributed by atoms with Crippen LogP contribution in [-0.4, -0.2) is 0 Å². The summed E-state index contributed by atoms with van der Waals surface area (Å²) in [6, 6.07) is 6.78. The van der Waals surface area contributed by atoms with E-state index < -0.39 is 0 Å². The number of nitrogens with two attached hydrogens (primary N) is 1. The molecule has 0 radical (unpaired) electrons. The van der Waals surface area contributed by atoms with Crippen LogP contribution in [0.4, 0.5) is 0 Å². The Balaban J connectivity index is 2.79. The lowest BCUT2D eigenvalue weighted by molar-refractivity contribution is 0.234. The van der Waals surface area contributed by atoms with Crippen molar-refractivity contribution in [1.82, 2.24) is 0 Å². The van der Waals surface area contributed by atoms with E-state index in [2.05, 4.69) is 59.7 Å². The third kappa shape index (κ3) is 4.16. The molecular weight excluding hydrogens is 206 g/mol. The molecule has 0 bridgehead atoms. The summed E-state index contributed by atoms with van der Waals surface area (Å²) in [5.74, 6) is 0.623. The number of hydrogen-bond acceptors (Lipinski definition) is 1. The molecule has 1 rings (SSSR count). The lowest BCUT2D eigenvalue weighted by Crippen LogP contribution is -2.23. The molecule has 1 nitrogen and oxygen atoms in total. The smallest absolute Gasteiger partial charge is 0.0297 e. The molecule has 1 aromatic carbocycles. The summed E-state index contributed by atoms with van der Waals surface area (Å²) in [6.07, 6.45) is 1.05. The average Bonchev–Trinajstić information content (AvgIpc) is 2.14. The van der Waals surface area contributed by atoms with Crippen LogP contribution in [0.1, 0.15) is 56.8 Å². The molecule has 0 saturated heterocycles. The number of benzene rings is 1. The number of aryl methyl sites for hydroxylation is 2. The monoisotopic (exact) mass is 233 g/mol. The van der Waals surface area contributed by atoms with Crippen molar-refractivity contribution in [3.63, 3.8) is 0 Å². The third-order valence-electron chi connectivity index (χ3n) is 3.76. The Hall–Kier alpha value is -0.820. The largest absolute Gasteiger partial charge is 0.324 e. The highest BCUT2D eigenvalue weighted by Gasteiger charge is 2.22. The fraction of sp³-hybridized carbons (Fsp3) is 0.625. The maximum Gasteiger partial charge on any atom is 0.0297 e. The van der Waals surface area contributed by atoms with Crippen LogP contribution in [0.5, 0.6) is 0 Å². The summed E-state index contributed by atoms with van der Waals surface area (Å²) in [7, 11) is 0. The van der Waals surface area contributed by atoms with Gasteiger partial charge in [0, 0.05) is 6.04 Å². The zero-order valence-electron chi connectivity index (χ0n) is 12.2. The molecule has 0 fully saturated rings. The van der Waals surface area contributed by atoms with Crippen molar-refractivity contribution in [1.29, 1.82) is 0 Å². The van der Waals surface area contributed by atoms with Crippen molar-refractivity contribution < 1.29 is 0 Å². The van der Waals surface area contributed by atoms with Gasteiger partial charge in [-0.05, 0) is 37.2 Å². The molecule has 0 aliphatic heterocycles. The second-order valence-corrected chi connectivity index (χ2v) is 6.53. The van der Waals surface area contributed by atoms with Crippen LogP contribution in [-0.2, 0) is 0 Å². The molecular formula is C16H27N. The van der Waals surface area contributed by atoms with Crippen molar-refractivity contribution in [3.8, 4) is 0 Å². The lowest BCUT2D eigenvalue weighted by Gasteiger charge is -2.29. The van der Waals surface area contributed by atoms with Gasteiger partial charge in [0.25, 0.3) is 0 Å². The zero-order chi connectivity index (χ0) is 13.2. The van der Waals surface area contributed by atoms with Crippen LogP contribution < -0.4 is 5.73 Å². The summed E-state index contributed by atoms with van der Waals surface area (Å²) in [4.78, 5) is 0. The quantitative estimate of drug-likeness (QED) is 0.824. The minimum atomic E-state index is 0.155. The Morgan fingerprint density at radius 3 is 1.94 bits per heavy atom. The predicted molar refractivity (Wildman–Crippen MR) is 76.1 cm³/mol. The first-order chi connectivity index (χ1) is 7.70. The summed E-state index contributed by atoms with van der Waals surface area (Å²) in [5.41, 5.74) is 10.5. The van der Waals surface area contributed by atoms with Crippen molar-refractivity contribution in [2.75, 3.05) is 0 Å². The second kappa shape index (κ2) is 5.22. The molecule has 96 valence electrons. The van der Waals surface area contributed by atoms with Crippen molar-refractivity contribution in [2.45, 2.75) is 54.0 Å². The molecule has 1 heteroatoms. The van der Waals surface area contributed by atoms with Crippen LogP contribution >= 0.6 is 0 Å². The van der Waals surface area contributed by atoms with Crippen molar-refractivity contribution in [2.24, 2.45) is 17.1 Å². The van der Waals surface area contributed by atoms with Crippen molar-refractivity contribution in [3.05, 3.63) is 34.9 Å². The fourth-order valence-corrected chi connectivity index (χ4v) is 2.09. The van der Waals surface area contributed by atoms with Gasteiger partial charge in [-0.15, -0.1) is 0 Å². The SMILES string of the molecule is Cc1cc(C)cc(C(N)CC(C)C(C)(C)C)c1. The molecule has 2 atom stereocenters. The summed E-state index contributed by atoms with van der Waals surface area (Å²) in [5, 5.41) is 0.